The van der Waals surface area contributed by atoms with Gasteiger partial charge in [0.1, 0.15) is 5.82 Å². The number of carbonyl (C=O) groups excluding carboxylic acids is 1. The number of hydrogen-bond donors (Lipinski definition) is 1. The van der Waals surface area contributed by atoms with Crippen molar-refractivity contribution in [3.05, 3.63) is 89.5 Å². The summed E-state index contributed by atoms with van der Waals surface area (Å²) < 4.78 is 55.6. The van der Waals surface area contributed by atoms with Crippen LogP contribution < -0.4 is 5.32 Å². The predicted molar refractivity (Wildman–Crippen MR) is 105 cm³/mol. The van der Waals surface area contributed by atoms with Gasteiger partial charge in [0, 0.05) is 11.4 Å². The van der Waals surface area contributed by atoms with Gasteiger partial charge in [0.25, 0.3) is 5.91 Å². The van der Waals surface area contributed by atoms with Crippen LogP contribution in [0.3, 0.4) is 0 Å². The molecular formula is C22H15F4N3O. The van der Waals surface area contributed by atoms with E-state index in [-0.39, 0.29) is 16.8 Å². The first-order valence-corrected chi connectivity index (χ1v) is 8.97. The van der Waals surface area contributed by atoms with Crippen molar-refractivity contribution in [3.8, 4) is 5.69 Å². The summed E-state index contributed by atoms with van der Waals surface area (Å²) in [5.74, 6) is -2.34. The topological polar surface area (TPSA) is 46.9 Å². The largest absolute Gasteiger partial charge is 0.450 e. The van der Waals surface area contributed by atoms with E-state index in [2.05, 4.69) is 10.3 Å². The van der Waals surface area contributed by atoms with Crippen LogP contribution in [-0.4, -0.2) is 15.5 Å². The molecule has 4 aromatic rings. The monoisotopic (exact) mass is 413 g/mol. The summed E-state index contributed by atoms with van der Waals surface area (Å²) in [5, 5.41) is 2.60. The first kappa shape index (κ1) is 19.6. The minimum atomic E-state index is -4.65. The molecule has 4 nitrogen and oxygen atoms in total. The van der Waals surface area contributed by atoms with Crippen LogP contribution in [0.15, 0.2) is 66.7 Å². The molecule has 4 rings (SSSR count). The SMILES string of the molecule is Cc1cc(-n2c(C(F)(F)F)nc3ccccc32)ccc1NC(=O)c1ccccc1F. The van der Waals surface area contributed by atoms with E-state index in [1.165, 1.54) is 48.5 Å². The van der Waals surface area contributed by atoms with Crippen LogP contribution in [0.25, 0.3) is 16.7 Å². The number of imidazole rings is 1. The molecule has 0 aliphatic heterocycles. The van der Waals surface area contributed by atoms with E-state index in [4.69, 9.17) is 0 Å². The van der Waals surface area contributed by atoms with Crippen molar-refractivity contribution in [2.75, 3.05) is 5.32 Å². The first-order chi connectivity index (χ1) is 14.3. The van der Waals surface area contributed by atoms with Crippen LogP contribution >= 0.6 is 0 Å². The lowest BCUT2D eigenvalue weighted by Crippen LogP contribution is -2.15. The van der Waals surface area contributed by atoms with E-state index in [0.29, 0.717) is 16.8 Å². The number of halogens is 4. The Hall–Kier alpha value is -3.68. The number of hydrogen-bond acceptors (Lipinski definition) is 2. The summed E-state index contributed by atoms with van der Waals surface area (Å²) in [6.07, 6.45) is -4.65. The van der Waals surface area contributed by atoms with Crippen LogP contribution in [-0.2, 0) is 6.18 Å². The second-order valence-electron chi connectivity index (χ2n) is 6.69. The Labute approximate surface area is 168 Å². The number of rotatable bonds is 3. The van der Waals surface area contributed by atoms with Crippen molar-refractivity contribution >= 4 is 22.6 Å². The molecule has 1 N–H and O–H groups in total. The Morgan fingerprint density at radius 1 is 1.00 bits per heavy atom. The van der Waals surface area contributed by atoms with Crippen molar-refractivity contribution in [2.24, 2.45) is 0 Å². The molecule has 0 atom stereocenters. The molecule has 0 radical (unpaired) electrons. The highest BCUT2D eigenvalue weighted by molar-refractivity contribution is 6.04. The van der Waals surface area contributed by atoms with E-state index in [9.17, 15) is 22.4 Å². The third-order valence-corrected chi connectivity index (χ3v) is 4.65. The van der Waals surface area contributed by atoms with Crippen LogP contribution in [0.5, 0.6) is 0 Å². The number of amides is 1. The zero-order valence-electron chi connectivity index (χ0n) is 15.7. The summed E-state index contributed by atoms with van der Waals surface area (Å²) in [6, 6.07) is 16.3. The molecule has 1 amide bonds. The number of aromatic nitrogens is 2. The van der Waals surface area contributed by atoms with Gasteiger partial charge in [-0.25, -0.2) is 9.37 Å². The van der Waals surface area contributed by atoms with E-state index >= 15 is 0 Å². The minimum Gasteiger partial charge on any atom is -0.322 e. The maximum absolute atomic E-state index is 13.8. The fraction of sp³-hybridized carbons (Fsp3) is 0.0909. The molecule has 0 saturated carbocycles. The zero-order valence-corrected chi connectivity index (χ0v) is 15.7. The van der Waals surface area contributed by atoms with Crippen LogP contribution in [0.1, 0.15) is 21.7 Å². The lowest BCUT2D eigenvalue weighted by atomic mass is 10.1. The molecule has 0 bridgehead atoms. The molecule has 30 heavy (non-hydrogen) atoms. The van der Waals surface area contributed by atoms with Crippen molar-refractivity contribution in [3.63, 3.8) is 0 Å². The summed E-state index contributed by atoms with van der Waals surface area (Å²) in [7, 11) is 0. The quantitative estimate of drug-likeness (QED) is 0.435. The number of anilines is 1. The molecule has 1 aromatic heterocycles. The van der Waals surface area contributed by atoms with Crippen LogP contribution in [0, 0.1) is 12.7 Å². The number of nitrogens with zero attached hydrogens (tertiary/aromatic N) is 2. The van der Waals surface area contributed by atoms with Crippen molar-refractivity contribution < 1.29 is 22.4 Å². The van der Waals surface area contributed by atoms with Gasteiger partial charge in [-0.05, 0) is 55.0 Å². The Morgan fingerprint density at radius 3 is 2.40 bits per heavy atom. The number of fused-ring (bicyclic) bond motifs is 1. The third kappa shape index (κ3) is 3.52. The average molecular weight is 413 g/mol. The fourth-order valence-electron chi connectivity index (χ4n) is 3.24. The molecule has 0 fully saturated rings. The van der Waals surface area contributed by atoms with Gasteiger partial charge in [-0.2, -0.15) is 13.2 Å². The molecule has 0 unspecified atom stereocenters. The van der Waals surface area contributed by atoms with E-state index in [1.807, 2.05) is 0 Å². The lowest BCUT2D eigenvalue weighted by Gasteiger charge is -2.14. The molecule has 1 heterocycles. The van der Waals surface area contributed by atoms with Crippen LogP contribution in [0.4, 0.5) is 23.2 Å². The molecular weight excluding hydrogens is 398 g/mol. The summed E-state index contributed by atoms with van der Waals surface area (Å²) in [4.78, 5) is 16.1. The average Bonchev–Trinajstić information content (AvgIpc) is 3.10. The third-order valence-electron chi connectivity index (χ3n) is 4.65. The number of benzene rings is 3. The normalized spacial score (nSPS) is 11.6. The highest BCUT2D eigenvalue weighted by Crippen LogP contribution is 2.34. The number of aryl methyl sites for hydroxylation is 1. The molecule has 0 aliphatic rings. The Morgan fingerprint density at radius 2 is 1.70 bits per heavy atom. The highest BCUT2D eigenvalue weighted by Gasteiger charge is 2.38. The smallest absolute Gasteiger partial charge is 0.322 e. The number of para-hydroxylation sites is 2. The Kier molecular flexibility index (Phi) is 4.77. The fourth-order valence-corrected chi connectivity index (χ4v) is 3.24. The maximum atomic E-state index is 13.8. The van der Waals surface area contributed by atoms with Gasteiger partial charge < -0.3 is 5.32 Å². The van der Waals surface area contributed by atoms with Crippen molar-refractivity contribution in [2.45, 2.75) is 13.1 Å². The van der Waals surface area contributed by atoms with Crippen molar-refractivity contribution in [1.29, 1.82) is 0 Å². The Balaban J connectivity index is 1.74. The van der Waals surface area contributed by atoms with Gasteiger partial charge in [0.15, 0.2) is 0 Å². The highest BCUT2D eigenvalue weighted by atomic mass is 19.4. The standard InChI is InChI=1S/C22H15F4N3O/c1-13-12-14(10-11-17(13)27-20(30)15-6-2-3-7-16(15)23)29-19-9-5-4-8-18(19)28-21(29)22(24,25)26/h2-12H,1H3,(H,27,30). The summed E-state index contributed by atoms with van der Waals surface area (Å²) in [5.41, 5.74) is 1.54. The van der Waals surface area contributed by atoms with Gasteiger partial charge in [0.2, 0.25) is 5.82 Å². The van der Waals surface area contributed by atoms with E-state index < -0.39 is 23.7 Å². The minimum absolute atomic E-state index is 0.124. The van der Waals surface area contributed by atoms with E-state index in [0.717, 1.165) is 4.57 Å². The number of nitrogens with one attached hydrogen (secondary N) is 1. The molecule has 0 saturated heterocycles. The number of carbonyl (C=O) groups is 1. The first-order valence-electron chi connectivity index (χ1n) is 8.97. The molecule has 8 heteroatoms. The lowest BCUT2D eigenvalue weighted by molar-refractivity contribution is -0.145. The molecule has 152 valence electrons. The molecule has 0 spiro atoms. The van der Waals surface area contributed by atoms with Gasteiger partial charge in [0.05, 0.1) is 16.6 Å². The molecule has 0 aliphatic carbocycles. The summed E-state index contributed by atoms with van der Waals surface area (Å²) >= 11 is 0. The Bertz CT molecular complexity index is 1260. The second kappa shape index (κ2) is 7.29. The van der Waals surface area contributed by atoms with Gasteiger partial charge in [-0.3, -0.25) is 9.36 Å². The van der Waals surface area contributed by atoms with Gasteiger partial charge >= 0.3 is 6.18 Å². The van der Waals surface area contributed by atoms with Gasteiger partial charge in [-0.15, -0.1) is 0 Å². The maximum Gasteiger partial charge on any atom is 0.450 e. The molecule has 3 aromatic carbocycles. The zero-order chi connectivity index (χ0) is 21.5. The van der Waals surface area contributed by atoms with Gasteiger partial charge in [-0.1, -0.05) is 24.3 Å². The summed E-state index contributed by atoms with van der Waals surface area (Å²) in [6.45, 7) is 1.65. The second-order valence-corrected chi connectivity index (χ2v) is 6.69. The van der Waals surface area contributed by atoms with Crippen molar-refractivity contribution in [1.82, 2.24) is 9.55 Å². The van der Waals surface area contributed by atoms with Crippen LogP contribution in [0.2, 0.25) is 0 Å². The predicted octanol–water partition coefficient (Wildman–Crippen LogP) is 5.74. The van der Waals surface area contributed by atoms with E-state index in [1.54, 1.807) is 25.1 Å². The number of alkyl halides is 3.